The Bertz CT molecular complexity index is 1360. The molecule has 7 heteroatoms. The average molecular weight is 389 g/mol. The quantitative estimate of drug-likeness (QED) is 0.425. The predicted molar refractivity (Wildman–Crippen MR) is 104 cm³/mol. The summed E-state index contributed by atoms with van der Waals surface area (Å²) in [6.45, 7) is 0. The molecular formula is C22H13F2N3O2. The van der Waals surface area contributed by atoms with E-state index in [2.05, 4.69) is 15.1 Å². The van der Waals surface area contributed by atoms with Crippen LogP contribution in [-0.4, -0.2) is 20.2 Å². The molecule has 0 radical (unpaired) electrons. The van der Waals surface area contributed by atoms with Crippen molar-refractivity contribution in [2.75, 3.05) is 0 Å². The van der Waals surface area contributed by atoms with Crippen molar-refractivity contribution >= 4 is 11.0 Å². The first-order valence-corrected chi connectivity index (χ1v) is 8.78. The fraction of sp³-hybridized carbons (Fsp3) is 0. The van der Waals surface area contributed by atoms with Gasteiger partial charge in [-0.3, -0.25) is 0 Å². The molecule has 142 valence electrons. The molecule has 0 fully saturated rings. The molecule has 5 nitrogen and oxygen atoms in total. The van der Waals surface area contributed by atoms with Crippen LogP contribution in [0, 0.1) is 11.6 Å². The Labute approximate surface area is 163 Å². The van der Waals surface area contributed by atoms with Gasteiger partial charge in [0.25, 0.3) is 0 Å². The molecule has 0 aliphatic rings. The number of aromatic nitrogens is 3. The standard InChI is InChI=1S/C22H13F2N3O2/c23-19-6-2-5-15(20(19)24)18-11-27-29-21(18)17-10-26-22-16(17)8-13(9-25-22)12-3-1-4-14(28)7-12/h1-11,28H,(H,25,26). The summed E-state index contributed by atoms with van der Waals surface area (Å²) in [4.78, 5) is 7.47. The molecule has 0 bridgehead atoms. The maximum Gasteiger partial charge on any atom is 0.176 e. The summed E-state index contributed by atoms with van der Waals surface area (Å²) >= 11 is 0. The van der Waals surface area contributed by atoms with Gasteiger partial charge in [0, 0.05) is 34.5 Å². The van der Waals surface area contributed by atoms with Gasteiger partial charge < -0.3 is 14.6 Å². The second kappa shape index (κ2) is 6.56. The second-order valence-corrected chi connectivity index (χ2v) is 6.54. The van der Waals surface area contributed by atoms with Gasteiger partial charge in [0.1, 0.15) is 11.4 Å². The molecule has 5 rings (SSSR count). The van der Waals surface area contributed by atoms with E-state index in [1.807, 2.05) is 12.1 Å². The molecule has 2 N–H and O–H groups in total. The monoisotopic (exact) mass is 389 g/mol. The lowest BCUT2D eigenvalue weighted by Crippen LogP contribution is -1.89. The van der Waals surface area contributed by atoms with Crippen LogP contribution in [-0.2, 0) is 0 Å². The van der Waals surface area contributed by atoms with Crippen LogP contribution < -0.4 is 0 Å². The van der Waals surface area contributed by atoms with E-state index in [0.717, 1.165) is 22.6 Å². The van der Waals surface area contributed by atoms with E-state index in [1.54, 1.807) is 30.6 Å². The Morgan fingerprint density at radius 2 is 1.76 bits per heavy atom. The lowest BCUT2D eigenvalue weighted by Gasteiger charge is -2.05. The van der Waals surface area contributed by atoms with Gasteiger partial charge in [0.2, 0.25) is 0 Å². The summed E-state index contributed by atoms with van der Waals surface area (Å²) in [5.41, 5.74) is 3.20. The highest BCUT2D eigenvalue weighted by molar-refractivity contribution is 5.98. The third-order valence-corrected chi connectivity index (χ3v) is 4.77. The number of benzene rings is 2. The highest BCUT2D eigenvalue weighted by atomic mass is 19.2. The minimum absolute atomic E-state index is 0.0627. The number of hydrogen-bond donors (Lipinski definition) is 2. The van der Waals surface area contributed by atoms with Crippen molar-refractivity contribution in [2.45, 2.75) is 0 Å². The van der Waals surface area contributed by atoms with Crippen molar-refractivity contribution in [3.05, 3.63) is 78.8 Å². The van der Waals surface area contributed by atoms with Crippen LogP contribution in [0.1, 0.15) is 0 Å². The fourth-order valence-corrected chi connectivity index (χ4v) is 3.37. The Kier molecular flexibility index (Phi) is 3.87. The van der Waals surface area contributed by atoms with E-state index in [0.29, 0.717) is 22.5 Å². The topological polar surface area (TPSA) is 74.9 Å². The highest BCUT2D eigenvalue weighted by Gasteiger charge is 2.21. The molecule has 3 heterocycles. The molecule has 3 aromatic heterocycles. The number of nitrogens with one attached hydrogen (secondary N) is 1. The lowest BCUT2D eigenvalue weighted by atomic mass is 10.0. The fourth-order valence-electron chi connectivity index (χ4n) is 3.37. The molecule has 2 aromatic carbocycles. The molecule has 0 atom stereocenters. The summed E-state index contributed by atoms with van der Waals surface area (Å²) in [5.74, 6) is -1.46. The van der Waals surface area contributed by atoms with E-state index < -0.39 is 11.6 Å². The number of aromatic hydroxyl groups is 1. The van der Waals surface area contributed by atoms with Crippen LogP contribution in [0.3, 0.4) is 0 Å². The zero-order valence-electron chi connectivity index (χ0n) is 14.9. The summed E-state index contributed by atoms with van der Waals surface area (Å²) < 4.78 is 33.4. The SMILES string of the molecule is Oc1cccc(-c2cnc3[nH]cc(-c4oncc4-c4cccc(F)c4F)c3c2)c1. The molecule has 29 heavy (non-hydrogen) atoms. The van der Waals surface area contributed by atoms with Gasteiger partial charge in [-0.1, -0.05) is 29.4 Å². The zero-order valence-corrected chi connectivity index (χ0v) is 14.9. The third-order valence-electron chi connectivity index (χ3n) is 4.77. The maximum absolute atomic E-state index is 14.3. The molecule has 0 saturated carbocycles. The van der Waals surface area contributed by atoms with Crippen LogP contribution in [0.4, 0.5) is 8.78 Å². The first-order valence-electron chi connectivity index (χ1n) is 8.78. The van der Waals surface area contributed by atoms with Gasteiger partial charge in [0.05, 0.1) is 11.8 Å². The van der Waals surface area contributed by atoms with Crippen LogP contribution in [0.25, 0.3) is 44.6 Å². The maximum atomic E-state index is 14.3. The molecular weight excluding hydrogens is 376 g/mol. The van der Waals surface area contributed by atoms with Crippen molar-refractivity contribution in [1.82, 2.24) is 15.1 Å². The minimum Gasteiger partial charge on any atom is -0.508 e. The highest BCUT2D eigenvalue weighted by Crippen LogP contribution is 2.38. The van der Waals surface area contributed by atoms with E-state index in [4.69, 9.17) is 4.52 Å². The van der Waals surface area contributed by atoms with Crippen molar-refractivity contribution in [2.24, 2.45) is 0 Å². The van der Waals surface area contributed by atoms with Crippen LogP contribution in [0.5, 0.6) is 5.75 Å². The molecule has 0 amide bonds. The lowest BCUT2D eigenvalue weighted by molar-refractivity contribution is 0.432. The molecule has 0 aliphatic heterocycles. The number of phenols is 1. The molecule has 0 aliphatic carbocycles. The number of rotatable bonds is 3. The van der Waals surface area contributed by atoms with Crippen LogP contribution >= 0.6 is 0 Å². The number of H-pyrrole nitrogens is 1. The van der Waals surface area contributed by atoms with E-state index in [-0.39, 0.29) is 11.3 Å². The number of aromatic amines is 1. The van der Waals surface area contributed by atoms with Gasteiger partial charge in [-0.2, -0.15) is 0 Å². The van der Waals surface area contributed by atoms with E-state index >= 15 is 0 Å². The normalized spacial score (nSPS) is 11.2. The molecule has 0 saturated heterocycles. The number of pyridine rings is 1. The zero-order chi connectivity index (χ0) is 20.0. The van der Waals surface area contributed by atoms with Crippen LogP contribution in [0.2, 0.25) is 0 Å². The smallest absolute Gasteiger partial charge is 0.176 e. The second-order valence-electron chi connectivity index (χ2n) is 6.54. The first-order chi connectivity index (χ1) is 14.1. The summed E-state index contributed by atoms with van der Waals surface area (Å²) in [6, 6.07) is 12.7. The summed E-state index contributed by atoms with van der Waals surface area (Å²) in [5, 5.41) is 14.3. The Morgan fingerprint density at radius 1 is 0.897 bits per heavy atom. The van der Waals surface area contributed by atoms with Crippen LogP contribution in [0.15, 0.2) is 71.6 Å². The van der Waals surface area contributed by atoms with Crippen molar-refractivity contribution in [3.8, 4) is 39.3 Å². The number of hydrogen-bond acceptors (Lipinski definition) is 4. The first kappa shape index (κ1) is 17.1. The summed E-state index contributed by atoms with van der Waals surface area (Å²) in [7, 11) is 0. The van der Waals surface area contributed by atoms with Gasteiger partial charge in [-0.25, -0.2) is 13.8 Å². The Morgan fingerprint density at radius 3 is 2.62 bits per heavy atom. The van der Waals surface area contributed by atoms with Crippen molar-refractivity contribution in [1.29, 1.82) is 0 Å². The summed E-state index contributed by atoms with van der Waals surface area (Å²) in [6.07, 6.45) is 4.73. The minimum atomic E-state index is -0.963. The van der Waals surface area contributed by atoms with Crippen molar-refractivity contribution < 1.29 is 18.4 Å². The number of phenolic OH excluding ortho intramolecular Hbond substituents is 1. The van der Waals surface area contributed by atoms with Gasteiger partial charge >= 0.3 is 0 Å². The van der Waals surface area contributed by atoms with E-state index in [9.17, 15) is 13.9 Å². The van der Waals surface area contributed by atoms with Gasteiger partial charge in [-0.05, 0) is 29.8 Å². The van der Waals surface area contributed by atoms with Crippen molar-refractivity contribution in [3.63, 3.8) is 0 Å². The van der Waals surface area contributed by atoms with Gasteiger partial charge in [-0.15, -0.1) is 0 Å². The molecule has 0 unspecified atom stereocenters. The number of fused-ring (bicyclic) bond motifs is 1. The number of nitrogens with zero attached hydrogens (tertiary/aromatic N) is 2. The number of halogens is 2. The predicted octanol–water partition coefficient (Wildman–Crippen LogP) is 5.54. The van der Waals surface area contributed by atoms with Gasteiger partial charge in [0.15, 0.2) is 17.4 Å². The Balaban J connectivity index is 1.68. The molecule has 0 spiro atoms. The Hall–Kier alpha value is -4.00. The van der Waals surface area contributed by atoms with E-state index in [1.165, 1.54) is 18.3 Å². The average Bonchev–Trinajstić information content (AvgIpc) is 3.36. The third kappa shape index (κ3) is 2.84. The largest absolute Gasteiger partial charge is 0.508 e. The molecule has 5 aromatic rings.